The molecule has 0 aliphatic carbocycles. The summed E-state index contributed by atoms with van der Waals surface area (Å²) >= 11 is 4.46. The maximum Gasteiger partial charge on any atom is 0.00902 e. The van der Waals surface area contributed by atoms with Gasteiger partial charge in [0.05, 0.1) is 0 Å². The molecular formula is C14H31NS. The fourth-order valence-electron chi connectivity index (χ4n) is 2.29. The van der Waals surface area contributed by atoms with Crippen LogP contribution >= 0.6 is 12.6 Å². The van der Waals surface area contributed by atoms with Crippen LogP contribution < -0.4 is 0 Å². The van der Waals surface area contributed by atoms with Crippen LogP contribution in [0.5, 0.6) is 0 Å². The van der Waals surface area contributed by atoms with Gasteiger partial charge in [0.25, 0.3) is 0 Å². The lowest BCUT2D eigenvalue weighted by Crippen LogP contribution is -2.40. The molecule has 0 heterocycles. The molecule has 0 N–H and O–H groups in total. The highest BCUT2D eigenvalue weighted by Crippen LogP contribution is 2.16. The zero-order valence-electron chi connectivity index (χ0n) is 11.9. The Hall–Kier alpha value is 0.310. The Bertz CT molecular complexity index is 151. The first-order chi connectivity index (χ1) is 7.58. The number of nitrogens with zero attached hydrogens (tertiary/aromatic N) is 1. The van der Waals surface area contributed by atoms with Gasteiger partial charge in [0.2, 0.25) is 0 Å². The monoisotopic (exact) mass is 245 g/mol. The molecule has 0 aromatic heterocycles. The molecule has 1 unspecified atom stereocenters. The van der Waals surface area contributed by atoms with Gasteiger partial charge >= 0.3 is 0 Å². The van der Waals surface area contributed by atoms with E-state index in [0.717, 1.165) is 23.6 Å². The molecule has 0 aliphatic heterocycles. The molecule has 0 aliphatic rings. The Morgan fingerprint density at radius 3 is 1.81 bits per heavy atom. The second-order valence-electron chi connectivity index (χ2n) is 5.27. The van der Waals surface area contributed by atoms with Gasteiger partial charge < -0.3 is 0 Å². The van der Waals surface area contributed by atoms with Gasteiger partial charge in [-0.15, -0.1) is 0 Å². The highest BCUT2D eigenvalue weighted by atomic mass is 32.1. The van der Waals surface area contributed by atoms with Crippen LogP contribution in [0.2, 0.25) is 0 Å². The number of thiol groups is 1. The zero-order valence-corrected chi connectivity index (χ0v) is 12.8. The second kappa shape index (κ2) is 9.35. The van der Waals surface area contributed by atoms with Crippen LogP contribution in [0.4, 0.5) is 0 Å². The summed E-state index contributed by atoms with van der Waals surface area (Å²) in [6, 6.07) is 0.760. The Balaban J connectivity index is 4.39. The van der Waals surface area contributed by atoms with E-state index in [1.807, 2.05) is 0 Å². The van der Waals surface area contributed by atoms with Crippen molar-refractivity contribution in [2.75, 3.05) is 18.8 Å². The maximum absolute atomic E-state index is 4.46. The molecular weight excluding hydrogens is 214 g/mol. The molecule has 1 nitrogen and oxygen atoms in total. The summed E-state index contributed by atoms with van der Waals surface area (Å²) in [4.78, 5) is 2.69. The zero-order chi connectivity index (χ0) is 12.6. The summed E-state index contributed by atoms with van der Waals surface area (Å²) in [7, 11) is 0. The average molecular weight is 245 g/mol. The molecule has 0 saturated carbocycles. The fourth-order valence-corrected chi connectivity index (χ4v) is 2.67. The van der Waals surface area contributed by atoms with Crippen LogP contribution in [0, 0.1) is 11.8 Å². The van der Waals surface area contributed by atoms with Gasteiger partial charge in [0.1, 0.15) is 0 Å². The van der Waals surface area contributed by atoms with E-state index in [0.29, 0.717) is 0 Å². The molecule has 0 aromatic carbocycles. The molecule has 2 heteroatoms. The topological polar surface area (TPSA) is 3.24 Å². The third-order valence-corrected chi connectivity index (χ3v) is 3.90. The standard InChI is InChI=1S/C14H31NS/c1-6-13(11-16)10-15(9-12(4)5)14(7-2)8-3/h12-14,16H,6-11H2,1-5H3. The Morgan fingerprint density at radius 2 is 1.50 bits per heavy atom. The smallest absolute Gasteiger partial charge is 0.00902 e. The number of hydrogen-bond donors (Lipinski definition) is 1. The van der Waals surface area contributed by atoms with Crippen LogP contribution in [0.15, 0.2) is 0 Å². The first-order valence-corrected chi connectivity index (χ1v) is 7.56. The van der Waals surface area contributed by atoms with Crippen molar-refractivity contribution >= 4 is 12.6 Å². The summed E-state index contributed by atoms with van der Waals surface area (Å²) in [5.74, 6) is 2.53. The van der Waals surface area contributed by atoms with Crippen LogP contribution in [0.25, 0.3) is 0 Å². The molecule has 0 aromatic rings. The molecule has 98 valence electrons. The van der Waals surface area contributed by atoms with E-state index in [-0.39, 0.29) is 0 Å². The van der Waals surface area contributed by atoms with Gasteiger partial charge in [-0.2, -0.15) is 12.6 Å². The first-order valence-electron chi connectivity index (χ1n) is 6.93. The molecule has 0 saturated heterocycles. The van der Waals surface area contributed by atoms with E-state index in [1.165, 1.54) is 32.4 Å². The quantitative estimate of drug-likeness (QED) is 0.599. The predicted octanol–water partition coefficient (Wildman–Crippen LogP) is 4.09. The normalized spacial score (nSPS) is 14.1. The third kappa shape index (κ3) is 6.15. The van der Waals surface area contributed by atoms with Gasteiger partial charge in [0, 0.05) is 19.1 Å². The third-order valence-electron chi connectivity index (χ3n) is 3.39. The van der Waals surface area contributed by atoms with Crippen molar-refractivity contribution in [2.45, 2.75) is 59.9 Å². The summed E-state index contributed by atoms with van der Waals surface area (Å²) in [5, 5.41) is 0. The lowest BCUT2D eigenvalue weighted by Gasteiger charge is -2.34. The number of hydrogen-bond acceptors (Lipinski definition) is 2. The lowest BCUT2D eigenvalue weighted by molar-refractivity contribution is 0.144. The highest BCUT2D eigenvalue weighted by Gasteiger charge is 2.19. The van der Waals surface area contributed by atoms with Crippen LogP contribution in [0.3, 0.4) is 0 Å². The molecule has 0 amide bonds. The SMILES string of the molecule is CCC(CS)CN(CC(C)C)C(CC)CC. The minimum absolute atomic E-state index is 0.752. The van der Waals surface area contributed by atoms with Gasteiger partial charge in [-0.25, -0.2) is 0 Å². The van der Waals surface area contributed by atoms with Crippen LogP contribution in [-0.2, 0) is 0 Å². The van der Waals surface area contributed by atoms with E-state index < -0.39 is 0 Å². The van der Waals surface area contributed by atoms with Gasteiger partial charge in [-0.1, -0.05) is 41.0 Å². The van der Waals surface area contributed by atoms with Gasteiger partial charge in [-0.05, 0) is 30.4 Å². The van der Waals surface area contributed by atoms with Crippen molar-refractivity contribution in [3.05, 3.63) is 0 Å². The van der Waals surface area contributed by atoms with Crippen molar-refractivity contribution in [2.24, 2.45) is 11.8 Å². The summed E-state index contributed by atoms with van der Waals surface area (Å²) < 4.78 is 0. The largest absolute Gasteiger partial charge is 0.300 e. The molecule has 0 spiro atoms. The minimum Gasteiger partial charge on any atom is -0.300 e. The fraction of sp³-hybridized carbons (Fsp3) is 1.00. The van der Waals surface area contributed by atoms with Crippen molar-refractivity contribution in [3.8, 4) is 0 Å². The van der Waals surface area contributed by atoms with E-state index in [4.69, 9.17) is 0 Å². The van der Waals surface area contributed by atoms with Gasteiger partial charge in [-0.3, -0.25) is 4.90 Å². The van der Waals surface area contributed by atoms with Crippen LogP contribution in [0.1, 0.15) is 53.9 Å². The van der Waals surface area contributed by atoms with Crippen molar-refractivity contribution < 1.29 is 0 Å². The maximum atomic E-state index is 4.46. The molecule has 0 bridgehead atoms. The first kappa shape index (κ1) is 16.3. The molecule has 0 fully saturated rings. The minimum atomic E-state index is 0.752. The van der Waals surface area contributed by atoms with E-state index >= 15 is 0 Å². The van der Waals surface area contributed by atoms with E-state index in [9.17, 15) is 0 Å². The lowest BCUT2D eigenvalue weighted by atomic mass is 10.0. The van der Waals surface area contributed by atoms with Crippen molar-refractivity contribution in [1.29, 1.82) is 0 Å². The van der Waals surface area contributed by atoms with Crippen molar-refractivity contribution in [3.63, 3.8) is 0 Å². The van der Waals surface area contributed by atoms with E-state index in [2.05, 4.69) is 52.1 Å². The second-order valence-corrected chi connectivity index (χ2v) is 5.64. The highest BCUT2D eigenvalue weighted by molar-refractivity contribution is 7.80. The summed E-state index contributed by atoms with van der Waals surface area (Å²) in [6.07, 6.45) is 3.79. The Morgan fingerprint density at radius 1 is 0.938 bits per heavy atom. The van der Waals surface area contributed by atoms with E-state index in [1.54, 1.807) is 0 Å². The molecule has 1 atom stereocenters. The Labute approximate surface area is 108 Å². The van der Waals surface area contributed by atoms with Crippen LogP contribution in [-0.4, -0.2) is 29.8 Å². The molecule has 16 heavy (non-hydrogen) atoms. The molecule has 0 radical (unpaired) electrons. The summed E-state index contributed by atoms with van der Waals surface area (Å²) in [6.45, 7) is 14.0. The van der Waals surface area contributed by atoms with Gasteiger partial charge in [0.15, 0.2) is 0 Å². The van der Waals surface area contributed by atoms with Crippen molar-refractivity contribution in [1.82, 2.24) is 4.90 Å². The predicted molar refractivity (Wildman–Crippen MR) is 78.4 cm³/mol. The Kier molecular flexibility index (Phi) is 9.53. The average Bonchev–Trinajstić information content (AvgIpc) is 2.26. The molecule has 0 rings (SSSR count). The number of rotatable bonds is 9. The summed E-state index contributed by atoms with van der Waals surface area (Å²) in [5.41, 5.74) is 0.